The number of hydrogen-bond acceptors (Lipinski definition) is 3. The summed E-state index contributed by atoms with van der Waals surface area (Å²) in [5.41, 5.74) is 3.18. The Kier molecular flexibility index (Phi) is 6.67. The molecule has 2 aromatic rings. The Labute approximate surface area is 160 Å². The minimum Gasteiger partial charge on any atom is -0.354 e. The van der Waals surface area contributed by atoms with Gasteiger partial charge in [0.05, 0.1) is 11.9 Å². The van der Waals surface area contributed by atoms with Gasteiger partial charge >= 0.3 is 0 Å². The van der Waals surface area contributed by atoms with Crippen LogP contribution in [0, 0.1) is 13.8 Å². The van der Waals surface area contributed by atoms with Gasteiger partial charge in [0.25, 0.3) is 0 Å². The number of anilines is 1. The number of para-hydroxylation sites is 1. The van der Waals surface area contributed by atoms with E-state index in [1.807, 2.05) is 50.2 Å². The van der Waals surface area contributed by atoms with Crippen LogP contribution in [-0.4, -0.2) is 33.7 Å². The van der Waals surface area contributed by atoms with Gasteiger partial charge in [0.15, 0.2) is 0 Å². The van der Waals surface area contributed by atoms with Gasteiger partial charge in [-0.3, -0.25) is 9.10 Å². The molecule has 0 aromatic heterocycles. The number of aryl methyl sites for hydroxylation is 2. The lowest BCUT2D eigenvalue weighted by molar-refractivity contribution is -0.119. The van der Waals surface area contributed by atoms with E-state index >= 15 is 0 Å². The number of carbonyl (C=O) groups is 1. The molecule has 0 aliphatic heterocycles. The van der Waals surface area contributed by atoms with Gasteiger partial charge < -0.3 is 5.32 Å². The maximum absolute atomic E-state index is 12.3. The van der Waals surface area contributed by atoms with Crippen LogP contribution in [-0.2, 0) is 21.2 Å². The fraction of sp³-hybridized carbons (Fsp3) is 0.316. The van der Waals surface area contributed by atoms with E-state index in [0.717, 1.165) is 27.3 Å². The molecule has 1 N–H and O–H groups in total. The summed E-state index contributed by atoms with van der Waals surface area (Å²) in [6.45, 7) is 3.82. The van der Waals surface area contributed by atoms with Crippen molar-refractivity contribution < 1.29 is 13.2 Å². The summed E-state index contributed by atoms with van der Waals surface area (Å²) in [7, 11) is -3.59. The van der Waals surface area contributed by atoms with Crippen molar-refractivity contribution >= 4 is 33.2 Å². The van der Waals surface area contributed by atoms with Gasteiger partial charge in [-0.2, -0.15) is 0 Å². The van der Waals surface area contributed by atoms with Gasteiger partial charge in [-0.1, -0.05) is 41.9 Å². The molecular formula is C19H23ClN2O3S. The van der Waals surface area contributed by atoms with E-state index in [1.54, 1.807) is 6.07 Å². The number of halogens is 1. The second-order valence-electron chi connectivity index (χ2n) is 6.24. The third kappa shape index (κ3) is 5.47. The topological polar surface area (TPSA) is 66.5 Å². The van der Waals surface area contributed by atoms with Crippen molar-refractivity contribution in [3.63, 3.8) is 0 Å². The first-order valence-corrected chi connectivity index (χ1v) is 10.5. The number of carbonyl (C=O) groups excluding carboxylic acids is 1. The number of hydrogen-bond donors (Lipinski definition) is 1. The van der Waals surface area contributed by atoms with E-state index in [-0.39, 0.29) is 12.5 Å². The van der Waals surface area contributed by atoms with Gasteiger partial charge in [0.2, 0.25) is 15.9 Å². The van der Waals surface area contributed by atoms with Gasteiger partial charge in [-0.25, -0.2) is 8.42 Å². The predicted molar refractivity (Wildman–Crippen MR) is 106 cm³/mol. The Hall–Kier alpha value is -2.05. The molecule has 0 fully saturated rings. The number of benzene rings is 2. The van der Waals surface area contributed by atoms with Crippen LogP contribution >= 0.6 is 11.6 Å². The van der Waals surface area contributed by atoms with E-state index in [0.29, 0.717) is 23.7 Å². The number of sulfonamides is 1. The molecule has 0 unspecified atom stereocenters. The Bertz CT molecular complexity index is 877. The lowest BCUT2D eigenvalue weighted by atomic mass is 10.1. The summed E-state index contributed by atoms with van der Waals surface area (Å²) in [6, 6.07) is 12.9. The fourth-order valence-electron chi connectivity index (χ4n) is 2.79. The van der Waals surface area contributed by atoms with Crippen LogP contribution in [0.5, 0.6) is 0 Å². The van der Waals surface area contributed by atoms with Gasteiger partial charge in [0, 0.05) is 11.6 Å². The molecule has 0 bridgehead atoms. The highest BCUT2D eigenvalue weighted by Crippen LogP contribution is 2.26. The zero-order valence-electron chi connectivity index (χ0n) is 15.1. The first-order valence-electron chi connectivity index (χ1n) is 8.23. The molecule has 26 heavy (non-hydrogen) atoms. The maximum atomic E-state index is 12.3. The molecule has 0 heterocycles. The quantitative estimate of drug-likeness (QED) is 0.784. The summed E-state index contributed by atoms with van der Waals surface area (Å²) in [4.78, 5) is 12.3. The molecule has 1 amide bonds. The smallest absolute Gasteiger partial charge is 0.240 e. The van der Waals surface area contributed by atoms with Crippen molar-refractivity contribution in [3.8, 4) is 0 Å². The van der Waals surface area contributed by atoms with Crippen LogP contribution in [0.25, 0.3) is 0 Å². The van der Waals surface area contributed by atoms with E-state index in [1.165, 1.54) is 0 Å². The lowest BCUT2D eigenvalue weighted by Gasteiger charge is -2.25. The Morgan fingerprint density at radius 1 is 1.12 bits per heavy atom. The van der Waals surface area contributed by atoms with Gasteiger partial charge in [-0.15, -0.1) is 0 Å². The summed E-state index contributed by atoms with van der Waals surface area (Å²) in [5.74, 6) is -0.347. The minimum atomic E-state index is -3.59. The minimum absolute atomic E-state index is 0.250. The highest BCUT2D eigenvalue weighted by atomic mass is 35.5. The third-order valence-electron chi connectivity index (χ3n) is 4.00. The molecule has 0 aliphatic carbocycles. The van der Waals surface area contributed by atoms with E-state index in [4.69, 9.17) is 11.6 Å². The third-order valence-corrected chi connectivity index (χ3v) is 5.35. The molecule has 2 aromatic carbocycles. The monoisotopic (exact) mass is 394 g/mol. The molecule has 0 spiro atoms. The number of nitrogens with one attached hydrogen (secondary N) is 1. The van der Waals surface area contributed by atoms with Crippen LogP contribution < -0.4 is 9.62 Å². The maximum Gasteiger partial charge on any atom is 0.240 e. The summed E-state index contributed by atoms with van der Waals surface area (Å²) in [5, 5.41) is 3.42. The molecule has 0 aliphatic rings. The van der Waals surface area contributed by atoms with Crippen molar-refractivity contribution in [1.29, 1.82) is 0 Å². The van der Waals surface area contributed by atoms with Crippen LogP contribution in [0.2, 0.25) is 5.02 Å². The van der Waals surface area contributed by atoms with Crippen molar-refractivity contribution in [2.75, 3.05) is 23.7 Å². The molecule has 0 saturated carbocycles. The Balaban J connectivity index is 2.06. The zero-order chi connectivity index (χ0) is 19.3. The molecule has 7 heteroatoms. The first-order chi connectivity index (χ1) is 12.2. The Morgan fingerprint density at radius 2 is 1.73 bits per heavy atom. The number of nitrogens with zero attached hydrogens (tertiary/aromatic N) is 1. The second kappa shape index (κ2) is 8.56. The zero-order valence-corrected chi connectivity index (χ0v) is 16.7. The average molecular weight is 395 g/mol. The van der Waals surface area contributed by atoms with Crippen LogP contribution in [0.1, 0.15) is 16.7 Å². The lowest BCUT2D eigenvalue weighted by Crippen LogP contribution is -2.41. The molecule has 2 rings (SSSR count). The SMILES string of the molecule is Cc1cccc(C)c1N(CC(=O)NCCc1cccc(Cl)c1)S(C)(=O)=O. The van der Waals surface area contributed by atoms with E-state index in [2.05, 4.69) is 5.32 Å². The summed E-state index contributed by atoms with van der Waals surface area (Å²) >= 11 is 5.94. The molecule has 140 valence electrons. The van der Waals surface area contributed by atoms with E-state index in [9.17, 15) is 13.2 Å². The van der Waals surface area contributed by atoms with Crippen molar-refractivity contribution in [1.82, 2.24) is 5.32 Å². The van der Waals surface area contributed by atoms with Gasteiger partial charge in [-0.05, 0) is 49.1 Å². The first kappa shape index (κ1) is 20.3. The predicted octanol–water partition coefficient (Wildman–Crippen LogP) is 3.08. The highest BCUT2D eigenvalue weighted by molar-refractivity contribution is 7.92. The van der Waals surface area contributed by atoms with E-state index < -0.39 is 10.0 Å². The highest BCUT2D eigenvalue weighted by Gasteiger charge is 2.23. The van der Waals surface area contributed by atoms with Crippen molar-refractivity contribution in [2.45, 2.75) is 20.3 Å². The second-order valence-corrected chi connectivity index (χ2v) is 8.58. The normalized spacial score (nSPS) is 11.2. The summed E-state index contributed by atoms with van der Waals surface area (Å²) < 4.78 is 25.6. The Morgan fingerprint density at radius 3 is 2.31 bits per heavy atom. The number of rotatable bonds is 7. The van der Waals surface area contributed by atoms with Crippen molar-refractivity contribution in [3.05, 3.63) is 64.2 Å². The molecule has 5 nitrogen and oxygen atoms in total. The molecule has 0 radical (unpaired) electrons. The van der Waals surface area contributed by atoms with Crippen LogP contribution in [0.15, 0.2) is 42.5 Å². The number of amides is 1. The molecular weight excluding hydrogens is 372 g/mol. The van der Waals surface area contributed by atoms with Crippen molar-refractivity contribution in [2.24, 2.45) is 0 Å². The van der Waals surface area contributed by atoms with Crippen LogP contribution in [0.4, 0.5) is 5.69 Å². The van der Waals surface area contributed by atoms with Gasteiger partial charge in [0.1, 0.15) is 6.54 Å². The largest absolute Gasteiger partial charge is 0.354 e. The summed E-state index contributed by atoms with van der Waals surface area (Å²) in [6.07, 6.45) is 1.73. The average Bonchev–Trinajstić information content (AvgIpc) is 2.53. The standard InChI is InChI=1S/C19H23ClN2O3S/c1-14-6-4-7-15(2)19(14)22(26(3,24)25)13-18(23)21-11-10-16-8-5-9-17(20)12-16/h4-9,12H,10-11,13H2,1-3H3,(H,21,23). The molecule has 0 atom stereocenters. The fourth-order valence-corrected chi connectivity index (χ4v) is 3.97. The molecule has 0 saturated heterocycles. The van der Waals surface area contributed by atoms with Crippen LogP contribution in [0.3, 0.4) is 0 Å².